The number of hydrogen-bond acceptors (Lipinski definition) is 4. The predicted octanol–water partition coefficient (Wildman–Crippen LogP) is 30.9. The molecule has 0 amide bonds. The van der Waals surface area contributed by atoms with E-state index >= 15 is 0 Å². The number of hydrogen-bond donors (Lipinski definition) is 0. The Kier molecular flexibility index (Phi) is 14.3. The topological polar surface area (TPSA) is 28.4 Å². The first-order valence-corrected chi connectivity index (χ1v) is 39.9. The van der Waals surface area contributed by atoms with E-state index in [2.05, 4.69) is 419 Å². The van der Waals surface area contributed by atoms with Gasteiger partial charge in [0.1, 0.15) is 11.2 Å². The van der Waals surface area contributed by atoms with Crippen LogP contribution in [0.5, 0.6) is 0 Å². The van der Waals surface area contributed by atoms with E-state index in [9.17, 15) is 0 Å². The van der Waals surface area contributed by atoms with Crippen LogP contribution in [0.4, 0.5) is 34.1 Å². The molecule has 0 N–H and O–H groups in total. The molecule has 0 aliphatic heterocycles. The van der Waals surface area contributed by atoms with Gasteiger partial charge >= 0.3 is 0 Å². The lowest BCUT2D eigenvalue weighted by atomic mass is 9.96. The van der Waals surface area contributed by atoms with Gasteiger partial charge in [0.2, 0.25) is 0 Å². The van der Waals surface area contributed by atoms with Crippen molar-refractivity contribution in [1.82, 2.24) is 8.80 Å². The highest BCUT2D eigenvalue weighted by molar-refractivity contribution is 7.25. The van der Waals surface area contributed by atoms with E-state index in [0.29, 0.717) is 0 Å². The van der Waals surface area contributed by atoms with Gasteiger partial charge in [-0.2, -0.15) is 0 Å². The molecule has 0 fully saturated rings. The van der Waals surface area contributed by atoms with Crippen molar-refractivity contribution in [3.8, 4) is 77.9 Å². The van der Waals surface area contributed by atoms with Crippen LogP contribution in [0.2, 0.25) is 0 Å². The zero-order valence-corrected chi connectivity index (χ0v) is 62.5. The van der Waals surface area contributed by atoms with Gasteiger partial charge in [-0.05, 0) is 199 Å². The summed E-state index contributed by atoms with van der Waals surface area (Å²) in [6.07, 6.45) is 0. The summed E-state index contributed by atoms with van der Waals surface area (Å²) < 4.78 is 14.4. The maximum atomic E-state index is 6.85. The third-order valence-corrected chi connectivity index (χ3v) is 25.1. The Bertz CT molecular complexity index is 7920. The van der Waals surface area contributed by atoms with Crippen LogP contribution in [0.25, 0.3) is 196 Å². The molecule has 0 saturated heterocycles. The molecule has 6 heteroatoms. The molecule has 0 bridgehead atoms. The average Bonchev–Trinajstić information content (AvgIpc) is 1.54. The van der Waals surface area contributed by atoms with E-state index < -0.39 is 0 Å². The van der Waals surface area contributed by atoms with Crippen molar-refractivity contribution < 1.29 is 4.42 Å². The minimum Gasteiger partial charge on any atom is -0.456 e. The minimum atomic E-state index is 0.861. The summed E-state index contributed by atoms with van der Waals surface area (Å²) in [6, 6.07) is 147. The highest BCUT2D eigenvalue weighted by Gasteiger charge is 2.27. The summed E-state index contributed by atoms with van der Waals surface area (Å²) in [6.45, 7) is 0. The normalized spacial score (nSPS) is 12.0. The van der Waals surface area contributed by atoms with E-state index in [4.69, 9.17) is 4.42 Å². The monoisotopic (exact) mass is 1470 g/mol. The Morgan fingerprint density at radius 2 is 0.509 bits per heavy atom. The molecule has 0 radical (unpaired) electrons. The largest absolute Gasteiger partial charge is 0.456 e. The van der Waals surface area contributed by atoms with Gasteiger partial charge in [0, 0.05) is 96.8 Å². The fourth-order valence-corrected chi connectivity index (χ4v) is 19.9. The summed E-state index contributed by atoms with van der Waals surface area (Å²) >= 11 is 1.87. The van der Waals surface area contributed by atoms with E-state index in [1.807, 2.05) is 11.3 Å². The first-order chi connectivity index (χ1) is 56.5. The van der Waals surface area contributed by atoms with Crippen LogP contribution in [0.3, 0.4) is 0 Å². The molecule has 0 aliphatic rings. The number of thiophene rings is 1. The summed E-state index contributed by atoms with van der Waals surface area (Å²) in [4.78, 5) is 4.88. The summed E-state index contributed by atoms with van der Waals surface area (Å²) in [5.41, 5.74) is 32.0. The average molecular weight is 1470 g/mol. The van der Waals surface area contributed by atoms with Crippen molar-refractivity contribution in [1.29, 1.82) is 0 Å². The van der Waals surface area contributed by atoms with Crippen molar-refractivity contribution in [3.63, 3.8) is 0 Å². The molecule has 0 saturated carbocycles. The fraction of sp³-hybridized carbons (Fsp3) is 0. The SMILES string of the molecule is c1ccc(-c2ccc(N(c3ccc(-c4ccc5c(c4)oc4cc(-c6ccc(-c7cccc8c7c7cccc9c%10c(N(c%11ccc(-c%12ccccc%12)cc%11)c%11ccc(-c%12ccc%13c(c%12)sc%12cc(-c%14ccccc%14)ccc%12%13)cc%11)cccc%10n8c79)cc6)ccc45)cc3)c3cccc4c3c3cccc5c6ccccc6n4c53)cc2)cc1. The Labute approximate surface area is 660 Å². The van der Waals surface area contributed by atoms with Gasteiger partial charge in [0.15, 0.2) is 0 Å². The maximum Gasteiger partial charge on any atom is 0.136 e. The molecule has 0 aliphatic carbocycles. The van der Waals surface area contributed by atoms with E-state index in [0.717, 1.165) is 78.3 Å². The van der Waals surface area contributed by atoms with Crippen LogP contribution in [-0.2, 0) is 0 Å². The zero-order chi connectivity index (χ0) is 74.6. The minimum absolute atomic E-state index is 0.861. The van der Waals surface area contributed by atoms with Gasteiger partial charge in [-0.25, -0.2) is 0 Å². The lowest BCUT2D eigenvalue weighted by Crippen LogP contribution is -2.10. The Hall–Kier alpha value is -14.8. The highest BCUT2D eigenvalue weighted by atomic mass is 32.1. The number of furan rings is 1. The summed E-state index contributed by atoms with van der Waals surface area (Å²) in [7, 11) is 0. The molecule has 530 valence electrons. The van der Waals surface area contributed by atoms with Crippen LogP contribution in [0.15, 0.2) is 405 Å². The number of anilines is 6. The third kappa shape index (κ3) is 9.98. The van der Waals surface area contributed by atoms with Gasteiger partial charge in [0.05, 0.1) is 44.5 Å². The molecule has 5 nitrogen and oxygen atoms in total. The second kappa shape index (κ2) is 25.4. The standard InChI is InChI=1S/C108H66N4OS/c1-4-17-67(18-5-1)70-39-51-80(52-40-70)109(96-31-15-33-98-105(96)92-27-12-25-90-85-23-10-11-29-94(85)111(98)107(90)92)82-55-43-73(44-56-82)77-48-60-87-86-59-47-76(63-100(86)113-101(87)64-77)72-35-37-75(38-36-72)84-24-14-30-95-104(84)91-26-13-28-93-106-97(32-16-34-99(106)112(95)108(91)93)110(81-53-41-71(42-54-81)68-19-6-2-7-20-68)83-57-45-74(46-58-83)79-50-62-89-88-61-49-78(69-21-8-3-9-22-69)65-102(88)114-103(89)66-79/h1-66H. The molecular weight excluding hydrogens is 1400 g/mol. The maximum absolute atomic E-state index is 6.85. The number of benzene rings is 18. The van der Waals surface area contributed by atoms with Crippen molar-refractivity contribution in [2.75, 3.05) is 9.80 Å². The molecule has 24 aromatic rings. The van der Waals surface area contributed by atoms with Crippen molar-refractivity contribution in [2.45, 2.75) is 0 Å². The van der Waals surface area contributed by atoms with Crippen LogP contribution in [0.1, 0.15) is 0 Å². The lowest BCUT2D eigenvalue weighted by molar-refractivity contribution is 0.669. The second-order valence-electron chi connectivity index (χ2n) is 30.2. The van der Waals surface area contributed by atoms with Gasteiger partial charge in [-0.15, -0.1) is 11.3 Å². The first kappa shape index (κ1) is 64.0. The number of nitrogens with zero attached hydrogens (tertiary/aromatic N) is 4. The molecule has 0 unspecified atom stereocenters. The van der Waals surface area contributed by atoms with Crippen LogP contribution in [0, 0.1) is 0 Å². The molecule has 18 aromatic carbocycles. The molecule has 6 aromatic heterocycles. The van der Waals surface area contributed by atoms with Gasteiger partial charge in [0.25, 0.3) is 0 Å². The van der Waals surface area contributed by atoms with E-state index in [1.54, 1.807) is 0 Å². The summed E-state index contributed by atoms with van der Waals surface area (Å²) in [5, 5.41) is 14.7. The Balaban J connectivity index is 0.544. The second-order valence-corrected chi connectivity index (χ2v) is 31.3. The van der Waals surface area contributed by atoms with Crippen LogP contribution < -0.4 is 9.80 Å². The highest BCUT2D eigenvalue weighted by Crippen LogP contribution is 2.51. The van der Waals surface area contributed by atoms with Crippen molar-refractivity contribution >= 4 is 164 Å². The Morgan fingerprint density at radius 1 is 0.202 bits per heavy atom. The van der Waals surface area contributed by atoms with Crippen LogP contribution >= 0.6 is 11.3 Å². The van der Waals surface area contributed by atoms with E-state index in [-0.39, 0.29) is 0 Å². The number of para-hydroxylation sites is 3. The van der Waals surface area contributed by atoms with Gasteiger partial charge < -0.3 is 23.0 Å². The predicted molar refractivity (Wildman–Crippen MR) is 483 cm³/mol. The van der Waals surface area contributed by atoms with Crippen molar-refractivity contribution in [3.05, 3.63) is 400 Å². The molecule has 24 rings (SSSR count). The molecule has 6 heterocycles. The molecule has 0 spiro atoms. The number of rotatable bonds is 13. The third-order valence-electron chi connectivity index (χ3n) is 24.0. The van der Waals surface area contributed by atoms with E-state index in [1.165, 1.54) is 152 Å². The van der Waals surface area contributed by atoms with Gasteiger partial charge in [-0.3, -0.25) is 0 Å². The first-order valence-electron chi connectivity index (χ1n) is 39.1. The lowest BCUT2D eigenvalue weighted by Gasteiger charge is -2.27. The summed E-state index contributed by atoms with van der Waals surface area (Å²) in [5.74, 6) is 0. The van der Waals surface area contributed by atoms with Gasteiger partial charge in [-0.1, -0.05) is 279 Å². The molecule has 114 heavy (non-hydrogen) atoms. The van der Waals surface area contributed by atoms with Crippen LogP contribution in [-0.4, -0.2) is 8.80 Å². The zero-order valence-electron chi connectivity index (χ0n) is 61.7. The smallest absolute Gasteiger partial charge is 0.136 e. The quantitative estimate of drug-likeness (QED) is 0.115. The number of aromatic nitrogens is 2. The Morgan fingerprint density at radius 3 is 0.982 bits per heavy atom. The molecule has 0 atom stereocenters. The van der Waals surface area contributed by atoms with Crippen molar-refractivity contribution in [2.24, 2.45) is 0 Å². The fourth-order valence-electron chi connectivity index (χ4n) is 18.7. The molecular formula is C108H66N4OS. The number of fused-ring (bicyclic) bond motifs is 18.